The summed E-state index contributed by atoms with van der Waals surface area (Å²) in [6, 6.07) is 3.80. The van der Waals surface area contributed by atoms with Crippen LogP contribution in [-0.2, 0) is 11.2 Å². The third-order valence-corrected chi connectivity index (χ3v) is 3.46. The number of likely N-dealkylation sites (N-methyl/N-ethyl adjacent to an activating group) is 1. The topological polar surface area (TPSA) is 59.2 Å². The molecule has 0 saturated heterocycles. The lowest BCUT2D eigenvalue weighted by Crippen LogP contribution is -2.37. The number of carbonyl (C=O) groups excluding carboxylic acids is 1. The number of nitrogens with zero attached hydrogens (tertiary/aromatic N) is 2. The van der Waals surface area contributed by atoms with Gasteiger partial charge in [-0.15, -0.1) is 0 Å². The van der Waals surface area contributed by atoms with Crippen molar-refractivity contribution in [1.29, 1.82) is 0 Å². The Bertz CT molecular complexity index is 367. The van der Waals surface area contributed by atoms with Crippen molar-refractivity contribution < 1.29 is 4.79 Å². The van der Waals surface area contributed by atoms with Crippen LogP contribution in [0.1, 0.15) is 12.6 Å². The Morgan fingerprint density at radius 3 is 2.82 bits per heavy atom. The molecule has 1 aromatic heterocycles. The minimum atomic E-state index is 0.0869. The molecule has 1 rings (SSSR count). The standard InChI is InChI=1S/C12H19N3OS/c1-9(8-17-3)15(2)12(16)6-11-5-4-10(13)7-14-11/h4-5,7,9H,6,8,13H2,1-3H3. The van der Waals surface area contributed by atoms with Crippen LogP contribution in [0.15, 0.2) is 18.3 Å². The first kappa shape index (κ1) is 13.8. The maximum absolute atomic E-state index is 12.0. The molecular formula is C12H19N3OS. The second-order valence-electron chi connectivity index (χ2n) is 4.07. The molecule has 0 spiro atoms. The molecule has 17 heavy (non-hydrogen) atoms. The van der Waals surface area contributed by atoms with Crippen molar-refractivity contribution in [2.45, 2.75) is 19.4 Å². The Kier molecular flexibility index (Phi) is 5.28. The first-order chi connectivity index (χ1) is 8.04. The van der Waals surface area contributed by atoms with Crippen LogP contribution in [0, 0.1) is 0 Å². The minimum absolute atomic E-state index is 0.0869. The number of pyridine rings is 1. The largest absolute Gasteiger partial charge is 0.397 e. The number of amides is 1. The van der Waals surface area contributed by atoms with Gasteiger partial charge in [0.1, 0.15) is 0 Å². The summed E-state index contributed by atoms with van der Waals surface area (Å²) in [7, 11) is 1.83. The molecule has 0 aromatic carbocycles. The van der Waals surface area contributed by atoms with Gasteiger partial charge >= 0.3 is 0 Å². The molecule has 0 bridgehead atoms. The summed E-state index contributed by atoms with van der Waals surface area (Å²) in [5.41, 5.74) is 6.92. The first-order valence-electron chi connectivity index (χ1n) is 5.49. The molecular weight excluding hydrogens is 234 g/mol. The summed E-state index contributed by atoms with van der Waals surface area (Å²) in [6.45, 7) is 2.05. The fraction of sp³-hybridized carbons (Fsp3) is 0.500. The van der Waals surface area contributed by atoms with Gasteiger partial charge in [-0.25, -0.2) is 0 Å². The molecule has 2 N–H and O–H groups in total. The summed E-state index contributed by atoms with van der Waals surface area (Å²) in [6.07, 6.45) is 3.94. The normalized spacial score (nSPS) is 12.2. The third-order valence-electron chi connectivity index (χ3n) is 2.64. The Hall–Kier alpha value is -1.23. The van der Waals surface area contributed by atoms with Crippen LogP contribution >= 0.6 is 11.8 Å². The van der Waals surface area contributed by atoms with Crippen LogP contribution in [0.25, 0.3) is 0 Å². The van der Waals surface area contributed by atoms with Crippen molar-refractivity contribution in [3.63, 3.8) is 0 Å². The van der Waals surface area contributed by atoms with E-state index in [1.807, 2.05) is 20.2 Å². The molecule has 0 saturated carbocycles. The predicted octanol–water partition coefficient (Wildman–Crippen LogP) is 1.42. The predicted molar refractivity (Wildman–Crippen MR) is 73.0 cm³/mol. The number of rotatable bonds is 5. The molecule has 1 unspecified atom stereocenters. The van der Waals surface area contributed by atoms with Gasteiger partial charge < -0.3 is 10.6 Å². The van der Waals surface area contributed by atoms with Gasteiger partial charge in [0, 0.05) is 24.5 Å². The van der Waals surface area contributed by atoms with E-state index in [9.17, 15) is 4.79 Å². The van der Waals surface area contributed by atoms with Gasteiger partial charge in [-0.1, -0.05) is 0 Å². The lowest BCUT2D eigenvalue weighted by Gasteiger charge is -2.24. The third kappa shape index (κ3) is 4.26. The molecule has 4 nitrogen and oxygen atoms in total. The Balaban J connectivity index is 2.56. The average Bonchev–Trinajstić information content (AvgIpc) is 2.31. The lowest BCUT2D eigenvalue weighted by atomic mass is 10.2. The second kappa shape index (κ2) is 6.49. The van der Waals surface area contributed by atoms with Gasteiger partial charge in [0.25, 0.3) is 0 Å². The molecule has 0 aliphatic carbocycles. The van der Waals surface area contributed by atoms with Crippen LogP contribution in [-0.4, -0.2) is 40.9 Å². The van der Waals surface area contributed by atoms with Crippen LogP contribution in [0.5, 0.6) is 0 Å². The zero-order valence-electron chi connectivity index (χ0n) is 10.5. The second-order valence-corrected chi connectivity index (χ2v) is 4.98. The molecule has 1 atom stereocenters. The zero-order valence-corrected chi connectivity index (χ0v) is 11.3. The van der Waals surface area contributed by atoms with Crippen molar-refractivity contribution in [3.05, 3.63) is 24.0 Å². The number of hydrogen-bond donors (Lipinski definition) is 1. The van der Waals surface area contributed by atoms with Crippen LogP contribution < -0.4 is 5.73 Å². The summed E-state index contributed by atoms with van der Waals surface area (Å²) in [5, 5.41) is 0. The molecule has 1 amide bonds. The quantitative estimate of drug-likeness (QED) is 0.862. The number of nitrogen functional groups attached to an aromatic ring is 1. The highest BCUT2D eigenvalue weighted by molar-refractivity contribution is 7.98. The van der Waals surface area contributed by atoms with Crippen LogP contribution in [0.3, 0.4) is 0 Å². The smallest absolute Gasteiger partial charge is 0.228 e. The van der Waals surface area contributed by atoms with Crippen LogP contribution in [0.2, 0.25) is 0 Å². The Morgan fingerprint density at radius 2 is 2.29 bits per heavy atom. The summed E-state index contributed by atoms with van der Waals surface area (Å²) in [4.78, 5) is 17.9. The highest BCUT2D eigenvalue weighted by atomic mass is 32.2. The summed E-state index contributed by atoms with van der Waals surface area (Å²) >= 11 is 1.74. The van der Waals surface area contributed by atoms with Gasteiger partial charge in [-0.2, -0.15) is 11.8 Å². The highest BCUT2D eigenvalue weighted by Crippen LogP contribution is 2.07. The van der Waals surface area contributed by atoms with E-state index in [2.05, 4.69) is 4.98 Å². The van der Waals surface area contributed by atoms with E-state index in [-0.39, 0.29) is 11.9 Å². The first-order valence-corrected chi connectivity index (χ1v) is 6.89. The molecule has 0 aliphatic heterocycles. The molecule has 1 aromatic rings. The Morgan fingerprint density at radius 1 is 1.59 bits per heavy atom. The van der Waals surface area contributed by atoms with Crippen molar-refractivity contribution >= 4 is 23.4 Å². The molecule has 0 radical (unpaired) electrons. The minimum Gasteiger partial charge on any atom is -0.397 e. The summed E-state index contributed by atoms with van der Waals surface area (Å²) < 4.78 is 0. The van der Waals surface area contributed by atoms with Gasteiger partial charge in [0.05, 0.1) is 18.3 Å². The number of nitrogens with two attached hydrogens (primary N) is 1. The van der Waals surface area contributed by atoms with Crippen molar-refractivity contribution in [3.8, 4) is 0 Å². The zero-order chi connectivity index (χ0) is 12.8. The fourth-order valence-corrected chi connectivity index (χ4v) is 2.12. The SMILES string of the molecule is CSCC(C)N(C)C(=O)Cc1ccc(N)cn1. The maximum Gasteiger partial charge on any atom is 0.228 e. The molecule has 0 fully saturated rings. The molecule has 94 valence electrons. The number of aromatic nitrogens is 1. The van der Waals surface area contributed by atoms with E-state index in [0.717, 1.165) is 11.4 Å². The van der Waals surface area contributed by atoms with Gasteiger partial charge in [0.15, 0.2) is 0 Å². The number of hydrogen-bond acceptors (Lipinski definition) is 4. The average molecular weight is 253 g/mol. The van der Waals surface area contributed by atoms with Gasteiger partial charge in [-0.3, -0.25) is 9.78 Å². The Labute approximate surface area is 107 Å². The molecule has 1 heterocycles. The highest BCUT2D eigenvalue weighted by Gasteiger charge is 2.15. The van der Waals surface area contributed by atoms with E-state index in [0.29, 0.717) is 12.1 Å². The van der Waals surface area contributed by atoms with Gasteiger partial charge in [0.2, 0.25) is 5.91 Å². The lowest BCUT2D eigenvalue weighted by molar-refractivity contribution is -0.130. The summed E-state index contributed by atoms with van der Waals surface area (Å²) in [5.74, 6) is 1.03. The van der Waals surface area contributed by atoms with Crippen molar-refractivity contribution in [2.75, 3.05) is 24.8 Å². The maximum atomic E-state index is 12.0. The van der Waals surface area contributed by atoms with Crippen molar-refractivity contribution in [1.82, 2.24) is 9.88 Å². The van der Waals surface area contributed by atoms with E-state index in [1.54, 1.807) is 35.0 Å². The van der Waals surface area contributed by atoms with Crippen LogP contribution in [0.4, 0.5) is 5.69 Å². The van der Waals surface area contributed by atoms with Gasteiger partial charge in [-0.05, 0) is 25.3 Å². The number of anilines is 1. The monoisotopic (exact) mass is 253 g/mol. The van der Waals surface area contributed by atoms with E-state index in [1.165, 1.54) is 0 Å². The van der Waals surface area contributed by atoms with E-state index in [4.69, 9.17) is 5.73 Å². The fourth-order valence-electron chi connectivity index (χ4n) is 1.42. The number of thioether (sulfide) groups is 1. The molecule has 5 heteroatoms. The number of carbonyl (C=O) groups is 1. The van der Waals surface area contributed by atoms with E-state index < -0.39 is 0 Å². The molecule has 0 aliphatic rings. The van der Waals surface area contributed by atoms with E-state index >= 15 is 0 Å². The van der Waals surface area contributed by atoms with Crippen molar-refractivity contribution in [2.24, 2.45) is 0 Å².